The first kappa shape index (κ1) is 20.9. The van der Waals surface area contributed by atoms with Gasteiger partial charge in [-0.3, -0.25) is 0 Å². The van der Waals surface area contributed by atoms with Gasteiger partial charge in [0, 0.05) is 12.6 Å². The van der Waals surface area contributed by atoms with Gasteiger partial charge in [0.2, 0.25) is 10.0 Å². The Morgan fingerprint density at radius 3 is 2.55 bits per heavy atom. The number of nitrogens with one attached hydrogen (secondary N) is 1. The molecule has 0 fully saturated rings. The van der Waals surface area contributed by atoms with Gasteiger partial charge in [-0.25, -0.2) is 13.2 Å². The zero-order valence-corrected chi connectivity index (χ0v) is 17.8. The van der Waals surface area contributed by atoms with Crippen molar-refractivity contribution < 1.29 is 22.7 Å². The van der Waals surface area contributed by atoms with Gasteiger partial charge in [0.25, 0.3) is 0 Å². The molecule has 31 heavy (non-hydrogen) atoms. The molecule has 0 radical (unpaired) electrons. The minimum Gasteiger partial charge on any atom is -0.489 e. The van der Waals surface area contributed by atoms with E-state index in [1.807, 2.05) is 42.2 Å². The number of esters is 1. The molecular formula is C23H22N2O5S. The molecule has 3 aromatic carbocycles. The summed E-state index contributed by atoms with van der Waals surface area (Å²) in [7, 11) is -3.67. The minimum absolute atomic E-state index is 0.0648. The Bertz CT molecular complexity index is 1200. The van der Waals surface area contributed by atoms with Gasteiger partial charge in [0.15, 0.2) is 0 Å². The molecule has 160 valence electrons. The number of anilines is 1. The van der Waals surface area contributed by atoms with E-state index < -0.39 is 16.0 Å². The standard InChI is InChI=1S/C23H22N2O5S/c1-2-25-16-24-31(27,28)22-13-18(11-12-21(22)25)23(26)30-20-10-6-9-19(14-20)29-15-17-7-4-3-5-8-17/h3-14,24H,2,15-16H2,1H3. The van der Waals surface area contributed by atoms with Crippen molar-refractivity contribution in [1.82, 2.24) is 4.72 Å². The summed E-state index contributed by atoms with van der Waals surface area (Å²) in [5.41, 5.74) is 1.74. The minimum atomic E-state index is -3.67. The van der Waals surface area contributed by atoms with E-state index in [0.29, 0.717) is 30.3 Å². The molecule has 1 aliphatic heterocycles. The van der Waals surface area contributed by atoms with Crippen LogP contribution in [0, 0.1) is 0 Å². The Labute approximate surface area is 181 Å². The fraction of sp³-hybridized carbons (Fsp3) is 0.174. The van der Waals surface area contributed by atoms with E-state index in [-0.39, 0.29) is 17.1 Å². The van der Waals surface area contributed by atoms with Crippen molar-refractivity contribution in [3.05, 3.63) is 83.9 Å². The second-order valence-corrected chi connectivity index (χ2v) is 8.72. The third-order valence-corrected chi connectivity index (χ3v) is 6.33. The molecule has 0 bridgehead atoms. The molecule has 0 saturated carbocycles. The van der Waals surface area contributed by atoms with E-state index in [2.05, 4.69) is 4.72 Å². The lowest BCUT2D eigenvalue weighted by molar-refractivity contribution is 0.0734. The van der Waals surface area contributed by atoms with Crippen molar-refractivity contribution in [2.45, 2.75) is 18.4 Å². The van der Waals surface area contributed by atoms with Crippen LogP contribution in [-0.2, 0) is 16.6 Å². The number of fused-ring (bicyclic) bond motifs is 1. The molecule has 3 aromatic rings. The van der Waals surface area contributed by atoms with Gasteiger partial charge in [-0.1, -0.05) is 36.4 Å². The molecular weight excluding hydrogens is 416 g/mol. The topological polar surface area (TPSA) is 84.9 Å². The highest BCUT2D eigenvalue weighted by Gasteiger charge is 2.28. The second-order valence-electron chi connectivity index (χ2n) is 6.98. The number of carbonyl (C=O) groups is 1. The van der Waals surface area contributed by atoms with Gasteiger partial charge in [0.1, 0.15) is 23.0 Å². The van der Waals surface area contributed by atoms with E-state index in [1.54, 1.807) is 36.4 Å². The number of ether oxygens (including phenoxy) is 2. The summed E-state index contributed by atoms with van der Waals surface area (Å²) in [6.07, 6.45) is 0. The summed E-state index contributed by atoms with van der Waals surface area (Å²) in [5.74, 6) is 0.223. The van der Waals surface area contributed by atoms with Gasteiger partial charge in [0.05, 0.1) is 17.9 Å². The molecule has 7 nitrogen and oxygen atoms in total. The Morgan fingerprint density at radius 1 is 1.00 bits per heavy atom. The van der Waals surface area contributed by atoms with Gasteiger partial charge in [-0.15, -0.1) is 0 Å². The fourth-order valence-corrected chi connectivity index (χ4v) is 4.50. The monoisotopic (exact) mass is 438 g/mol. The van der Waals surface area contributed by atoms with Crippen molar-refractivity contribution in [2.24, 2.45) is 0 Å². The number of rotatable bonds is 6. The summed E-state index contributed by atoms with van der Waals surface area (Å²) in [6.45, 7) is 3.15. The van der Waals surface area contributed by atoms with Crippen LogP contribution >= 0.6 is 0 Å². The van der Waals surface area contributed by atoms with Crippen LogP contribution < -0.4 is 19.1 Å². The summed E-state index contributed by atoms with van der Waals surface area (Å²) in [4.78, 5) is 14.6. The fourth-order valence-electron chi connectivity index (χ4n) is 3.26. The quantitative estimate of drug-likeness (QED) is 0.468. The molecule has 0 amide bonds. The van der Waals surface area contributed by atoms with Crippen LogP contribution in [0.1, 0.15) is 22.8 Å². The van der Waals surface area contributed by atoms with Crippen molar-refractivity contribution in [2.75, 3.05) is 18.1 Å². The first-order valence-electron chi connectivity index (χ1n) is 9.84. The molecule has 0 spiro atoms. The number of carbonyl (C=O) groups excluding carboxylic acids is 1. The molecule has 0 aromatic heterocycles. The predicted octanol–water partition coefficient (Wildman–Crippen LogP) is 3.56. The van der Waals surface area contributed by atoms with Crippen molar-refractivity contribution >= 4 is 21.7 Å². The van der Waals surface area contributed by atoms with Gasteiger partial charge in [-0.2, -0.15) is 4.72 Å². The average Bonchev–Trinajstić information content (AvgIpc) is 2.79. The lowest BCUT2D eigenvalue weighted by Gasteiger charge is -2.30. The SMILES string of the molecule is CCN1CNS(=O)(=O)c2cc(C(=O)Oc3cccc(OCc4ccccc4)c3)ccc21. The van der Waals surface area contributed by atoms with Crippen LogP contribution in [0.4, 0.5) is 5.69 Å². The van der Waals surface area contributed by atoms with E-state index in [1.165, 1.54) is 6.07 Å². The van der Waals surface area contributed by atoms with Crippen LogP contribution in [0.5, 0.6) is 11.5 Å². The number of benzene rings is 3. The zero-order chi connectivity index (χ0) is 21.8. The first-order valence-corrected chi connectivity index (χ1v) is 11.3. The Kier molecular flexibility index (Phi) is 5.92. The molecule has 1 aliphatic rings. The lowest BCUT2D eigenvalue weighted by Crippen LogP contribution is -2.43. The Hall–Kier alpha value is -3.36. The first-order chi connectivity index (χ1) is 15.0. The lowest BCUT2D eigenvalue weighted by atomic mass is 10.2. The molecule has 0 aliphatic carbocycles. The van der Waals surface area contributed by atoms with E-state index in [4.69, 9.17) is 9.47 Å². The van der Waals surface area contributed by atoms with Crippen molar-refractivity contribution in [1.29, 1.82) is 0 Å². The maximum atomic E-state index is 12.7. The Morgan fingerprint density at radius 2 is 1.77 bits per heavy atom. The largest absolute Gasteiger partial charge is 0.489 e. The molecule has 0 saturated heterocycles. The molecule has 8 heteroatoms. The van der Waals surface area contributed by atoms with Crippen LogP contribution in [0.3, 0.4) is 0 Å². The normalized spacial score (nSPS) is 14.5. The second kappa shape index (κ2) is 8.79. The summed E-state index contributed by atoms with van der Waals surface area (Å²) >= 11 is 0. The molecule has 1 heterocycles. The van der Waals surface area contributed by atoms with E-state index in [9.17, 15) is 13.2 Å². The molecule has 1 N–H and O–H groups in total. The number of hydrogen-bond acceptors (Lipinski definition) is 6. The van der Waals surface area contributed by atoms with Gasteiger partial charge < -0.3 is 14.4 Å². The van der Waals surface area contributed by atoms with Gasteiger partial charge >= 0.3 is 5.97 Å². The van der Waals surface area contributed by atoms with Crippen LogP contribution in [0.25, 0.3) is 0 Å². The third-order valence-electron chi connectivity index (χ3n) is 4.92. The predicted molar refractivity (Wildman–Crippen MR) is 117 cm³/mol. The average molecular weight is 439 g/mol. The number of nitrogens with zero attached hydrogens (tertiary/aromatic N) is 1. The Balaban J connectivity index is 1.50. The highest BCUT2D eigenvalue weighted by Crippen LogP contribution is 2.30. The zero-order valence-electron chi connectivity index (χ0n) is 16.9. The van der Waals surface area contributed by atoms with E-state index in [0.717, 1.165) is 5.56 Å². The smallest absolute Gasteiger partial charge is 0.343 e. The number of sulfonamides is 1. The summed E-state index contributed by atoms with van der Waals surface area (Å²) in [5, 5.41) is 0. The summed E-state index contributed by atoms with van der Waals surface area (Å²) in [6, 6.07) is 21.0. The highest BCUT2D eigenvalue weighted by atomic mass is 32.2. The number of hydrogen-bond donors (Lipinski definition) is 1. The molecule has 4 rings (SSSR count). The highest BCUT2D eigenvalue weighted by molar-refractivity contribution is 7.89. The van der Waals surface area contributed by atoms with Crippen molar-refractivity contribution in [3.8, 4) is 11.5 Å². The van der Waals surface area contributed by atoms with Crippen LogP contribution in [0.15, 0.2) is 77.7 Å². The molecule has 0 atom stereocenters. The van der Waals surface area contributed by atoms with Crippen LogP contribution in [0.2, 0.25) is 0 Å². The molecule has 0 unspecified atom stereocenters. The van der Waals surface area contributed by atoms with Crippen LogP contribution in [-0.4, -0.2) is 27.6 Å². The van der Waals surface area contributed by atoms with Gasteiger partial charge in [-0.05, 0) is 42.8 Å². The third kappa shape index (κ3) is 4.70. The summed E-state index contributed by atoms with van der Waals surface area (Å²) < 4.78 is 38.5. The van der Waals surface area contributed by atoms with Crippen molar-refractivity contribution in [3.63, 3.8) is 0 Å². The maximum Gasteiger partial charge on any atom is 0.343 e. The maximum absolute atomic E-state index is 12.7. The van der Waals surface area contributed by atoms with E-state index >= 15 is 0 Å².